The minimum absolute atomic E-state index is 0.209. The highest BCUT2D eigenvalue weighted by Crippen LogP contribution is 2.50. The number of benzene rings is 1. The third-order valence-corrected chi connectivity index (χ3v) is 6.21. The summed E-state index contributed by atoms with van der Waals surface area (Å²) in [7, 11) is 0. The number of phenols is 3. The van der Waals surface area contributed by atoms with Crippen molar-refractivity contribution < 1.29 is 25.2 Å². The monoisotopic (exact) mass is 406 g/mol. The lowest BCUT2D eigenvalue weighted by atomic mass is 9.88. The first-order chi connectivity index (χ1) is 13.6. The van der Waals surface area contributed by atoms with Crippen LogP contribution in [0.2, 0.25) is 0 Å². The summed E-state index contributed by atoms with van der Waals surface area (Å²) in [5, 5.41) is 39.4. The summed E-state index contributed by atoms with van der Waals surface area (Å²) in [4.78, 5) is 11.2. The molecule has 5 heteroatoms. The lowest BCUT2D eigenvalue weighted by Crippen LogP contribution is -2.14. The predicted octanol–water partition coefficient (Wildman–Crippen LogP) is 5.92. The van der Waals surface area contributed by atoms with Crippen molar-refractivity contribution in [3.8, 4) is 17.2 Å². The molecule has 0 unspecified atom stereocenters. The van der Waals surface area contributed by atoms with Gasteiger partial charge in [0.05, 0.1) is 5.41 Å². The number of aromatic hydroxyl groups is 3. The Morgan fingerprint density at radius 2 is 1.55 bits per heavy atom. The summed E-state index contributed by atoms with van der Waals surface area (Å²) < 4.78 is 0. The first kappa shape index (κ1) is 23.4. The molecule has 0 aliphatic heterocycles. The second-order valence-corrected chi connectivity index (χ2v) is 10.00. The topological polar surface area (TPSA) is 98.0 Å². The molecule has 0 radical (unpaired) electrons. The smallest absolute Gasteiger partial charge is 0.309 e. The molecule has 0 atom stereocenters. The average molecular weight is 407 g/mol. The maximum absolute atomic E-state index is 11.2. The molecule has 0 bridgehead atoms. The van der Waals surface area contributed by atoms with Crippen LogP contribution >= 0.6 is 0 Å². The zero-order valence-corrected chi connectivity index (χ0v) is 18.3. The van der Waals surface area contributed by atoms with E-state index in [-0.39, 0.29) is 11.5 Å². The predicted molar refractivity (Wildman–Crippen MR) is 115 cm³/mol. The van der Waals surface area contributed by atoms with E-state index in [1.165, 1.54) is 6.42 Å². The van der Waals surface area contributed by atoms with E-state index in [9.17, 15) is 25.2 Å². The molecule has 0 heterocycles. The highest BCUT2D eigenvalue weighted by Gasteiger charge is 2.49. The Bertz CT molecular complexity index is 698. The van der Waals surface area contributed by atoms with Crippen molar-refractivity contribution >= 4 is 5.97 Å². The molecule has 164 valence electrons. The van der Waals surface area contributed by atoms with Crippen LogP contribution in [0.25, 0.3) is 0 Å². The fourth-order valence-electron chi connectivity index (χ4n) is 4.05. The van der Waals surface area contributed by atoms with Gasteiger partial charge in [-0.1, -0.05) is 46.5 Å². The molecule has 1 aromatic rings. The number of carbonyl (C=O) groups is 1. The number of rotatable bonds is 12. The van der Waals surface area contributed by atoms with E-state index in [1.807, 2.05) is 0 Å². The van der Waals surface area contributed by atoms with Crippen LogP contribution in [0.1, 0.15) is 96.1 Å². The maximum atomic E-state index is 11.2. The lowest BCUT2D eigenvalue weighted by molar-refractivity contribution is -0.143. The van der Waals surface area contributed by atoms with Crippen LogP contribution in [0.3, 0.4) is 0 Å². The molecule has 1 saturated carbocycles. The van der Waals surface area contributed by atoms with Crippen molar-refractivity contribution in [2.45, 2.75) is 97.8 Å². The lowest BCUT2D eigenvalue weighted by Gasteiger charge is -2.18. The molecule has 5 nitrogen and oxygen atoms in total. The van der Waals surface area contributed by atoms with Crippen molar-refractivity contribution in [3.05, 3.63) is 17.2 Å². The zero-order chi connectivity index (χ0) is 21.7. The highest BCUT2D eigenvalue weighted by molar-refractivity contribution is 5.77. The number of hydrogen-bond acceptors (Lipinski definition) is 4. The number of hydrogen-bond donors (Lipinski definition) is 4. The second kappa shape index (κ2) is 9.73. The summed E-state index contributed by atoms with van der Waals surface area (Å²) in [5.74, 6) is -1.60. The van der Waals surface area contributed by atoms with Crippen LogP contribution < -0.4 is 0 Å². The number of aryl methyl sites for hydroxylation is 1. The normalized spacial score (nSPS) is 15.4. The van der Waals surface area contributed by atoms with Gasteiger partial charge in [-0.25, -0.2) is 0 Å². The number of aliphatic carboxylic acids is 1. The Kier molecular flexibility index (Phi) is 7.84. The van der Waals surface area contributed by atoms with Gasteiger partial charge in [-0.2, -0.15) is 0 Å². The molecule has 0 aromatic heterocycles. The van der Waals surface area contributed by atoms with E-state index in [4.69, 9.17) is 0 Å². The Morgan fingerprint density at radius 3 is 2.14 bits per heavy atom. The summed E-state index contributed by atoms with van der Waals surface area (Å²) in [6, 6.07) is 1.58. The molecular weight excluding hydrogens is 368 g/mol. The van der Waals surface area contributed by atoms with Crippen molar-refractivity contribution in [2.24, 2.45) is 10.8 Å². The van der Waals surface area contributed by atoms with E-state index < -0.39 is 17.1 Å². The standard InChI is InChI=1S/C24H38O5/c1-23(2,3)12-8-4-6-10-17-16-19(25)21(27)20(26)18(17)11-7-5-9-13-24(14-15-24)22(28)29/h16,25-27H,4-15H2,1-3H3,(H,28,29). The van der Waals surface area contributed by atoms with Gasteiger partial charge in [0.1, 0.15) is 0 Å². The van der Waals surface area contributed by atoms with Gasteiger partial charge in [-0.05, 0) is 68.4 Å². The fourth-order valence-corrected chi connectivity index (χ4v) is 4.05. The highest BCUT2D eigenvalue weighted by atomic mass is 16.4. The molecule has 4 N–H and O–H groups in total. The zero-order valence-electron chi connectivity index (χ0n) is 18.3. The largest absolute Gasteiger partial charge is 0.504 e. The average Bonchev–Trinajstić information content (AvgIpc) is 3.41. The van der Waals surface area contributed by atoms with Crippen molar-refractivity contribution in [1.29, 1.82) is 0 Å². The van der Waals surface area contributed by atoms with E-state index in [0.29, 0.717) is 11.8 Å². The summed E-state index contributed by atoms with van der Waals surface area (Å²) in [5.41, 5.74) is 1.48. The molecule has 2 rings (SSSR count). The molecule has 0 saturated heterocycles. The molecule has 1 aliphatic carbocycles. The Labute approximate surface area is 174 Å². The van der Waals surface area contributed by atoms with Crippen molar-refractivity contribution in [2.75, 3.05) is 0 Å². The van der Waals surface area contributed by atoms with Crippen LogP contribution in [-0.4, -0.2) is 26.4 Å². The fraction of sp³-hybridized carbons (Fsp3) is 0.708. The first-order valence-corrected chi connectivity index (χ1v) is 11.0. The molecule has 29 heavy (non-hydrogen) atoms. The van der Waals surface area contributed by atoms with Crippen molar-refractivity contribution in [3.63, 3.8) is 0 Å². The van der Waals surface area contributed by atoms with Gasteiger partial charge in [0, 0.05) is 5.56 Å². The van der Waals surface area contributed by atoms with E-state index in [1.54, 1.807) is 6.07 Å². The van der Waals surface area contributed by atoms with Gasteiger partial charge in [0.2, 0.25) is 5.75 Å². The SMILES string of the molecule is CC(C)(C)CCCCCc1cc(O)c(O)c(O)c1CCCCCC1(C(=O)O)CC1. The molecular formula is C24H38O5. The summed E-state index contributed by atoms with van der Waals surface area (Å²) in [6.45, 7) is 6.72. The van der Waals surface area contributed by atoms with Crippen LogP contribution in [0.15, 0.2) is 6.07 Å². The summed E-state index contributed by atoms with van der Waals surface area (Å²) >= 11 is 0. The molecule has 0 spiro atoms. The van der Waals surface area contributed by atoms with E-state index in [0.717, 1.165) is 75.3 Å². The van der Waals surface area contributed by atoms with Gasteiger partial charge in [0.15, 0.2) is 11.5 Å². The molecule has 0 amide bonds. The van der Waals surface area contributed by atoms with Gasteiger partial charge in [-0.3, -0.25) is 4.79 Å². The number of phenolic OH excluding ortho intramolecular Hbond substituents is 3. The van der Waals surface area contributed by atoms with E-state index >= 15 is 0 Å². The second-order valence-electron chi connectivity index (χ2n) is 10.00. The van der Waals surface area contributed by atoms with Crippen LogP contribution in [0.5, 0.6) is 17.2 Å². The van der Waals surface area contributed by atoms with Gasteiger partial charge >= 0.3 is 5.97 Å². The van der Waals surface area contributed by atoms with Gasteiger partial charge in [-0.15, -0.1) is 0 Å². The quantitative estimate of drug-likeness (QED) is 0.255. The summed E-state index contributed by atoms with van der Waals surface area (Å²) in [6.07, 6.45) is 10.7. The Hall–Kier alpha value is -1.91. The Morgan fingerprint density at radius 1 is 0.931 bits per heavy atom. The minimum Gasteiger partial charge on any atom is -0.504 e. The van der Waals surface area contributed by atoms with Crippen LogP contribution in [-0.2, 0) is 17.6 Å². The van der Waals surface area contributed by atoms with Gasteiger partial charge < -0.3 is 20.4 Å². The van der Waals surface area contributed by atoms with Gasteiger partial charge in [0.25, 0.3) is 0 Å². The maximum Gasteiger partial charge on any atom is 0.309 e. The Balaban J connectivity index is 1.86. The van der Waals surface area contributed by atoms with Crippen LogP contribution in [0, 0.1) is 10.8 Å². The first-order valence-electron chi connectivity index (χ1n) is 11.0. The molecule has 1 fully saturated rings. The molecule has 1 aromatic carbocycles. The van der Waals surface area contributed by atoms with Crippen LogP contribution in [0.4, 0.5) is 0 Å². The molecule has 1 aliphatic rings. The number of carboxylic acids is 1. The third-order valence-electron chi connectivity index (χ3n) is 6.21. The van der Waals surface area contributed by atoms with Crippen molar-refractivity contribution in [1.82, 2.24) is 0 Å². The third kappa shape index (κ3) is 6.83. The number of unbranched alkanes of at least 4 members (excludes halogenated alkanes) is 4. The van der Waals surface area contributed by atoms with E-state index in [2.05, 4.69) is 20.8 Å². The minimum atomic E-state index is -0.674. The number of carboxylic acid groups (broad SMARTS) is 1.